The van der Waals surface area contributed by atoms with Crippen molar-refractivity contribution in [2.45, 2.75) is 11.8 Å². The zero-order valence-electron chi connectivity index (χ0n) is 30.8. The lowest BCUT2D eigenvalue weighted by Crippen LogP contribution is -2.04. The Morgan fingerprint density at radius 2 is 0.857 bits per heavy atom. The second-order valence-electron chi connectivity index (χ2n) is 13.4. The Balaban J connectivity index is 0.000000172. The molecule has 4 heteroatoms. The molecule has 4 aromatic carbocycles. The van der Waals surface area contributed by atoms with Crippen LogP contribution in [0, 0.1) is 24.7 Å². The van der Waals surface area contributed by atoms with Crippen molar-refractivity contribution in [3.05, 3.63) is 228 Å². The average Bonchev–Trinajstić information content (AvgIpc) is 3.84. The summed E-state index contributed by atoms with van der Waals surface area (Å²) in [5.41, 5.74) is 13.3. The van der Waals surface area contributed by atoms with E-state index in [4.69, 9.17) is 12.8 Å². The quantitative estimate of drug-likeness (QED) is 0.0801. The van der Waals surface area contributed by atoms with Gasteiger partial charge < -0.3 is 8.80 Å². The largest absolute Gasteiger partial charge is 0.316 e. The first-order valence-corrected chi connectivity index (χ1v) is 18.2. The molecule has 0 aliphatic rings. The lowest BCUT2D eigenvalue weighted by atomic mass is 9.86. The highest BCUT2D eigenvalue weighted by molar-refractivity contribution is 5.82. The van der Waals surface area contributed by atoms with Crippen LogP contribution in [-0.4, -0.2) is 21.4 Å². The molecule has 268 valence electrons. The molecule has 4 heterocycles. The SMILES string of the molecule is C#Cc1ccc(-c2cc([C@H](C(=C)C=O)c3ccccc3)c3ccccn23)cc1.C#Cc1ccc(-c2cc([C@H](C(=C)C=O)c3ccccc3)c3ccccn23)cc1. The molecule has 8 aromatic rings. The van der Waals surface area contributed by atoms with Crippen LogP contribution in [0.25, 0.3) is 33.5 Å². The summed E-state index contributed by atoms with van der Waals surface area (Å²) in [6, 6.07) is 52.4. The van der Waals surface area contributed by atoms with Gasteiger partial charge in [0.25, 0.3) is 0 Å². The molecular weight excluding hydrogens is 685 g/mol. The zero-order chi connectivity index (χ0) is 39.0. The monoisotopic (exact) mass is 722 g/mol. The van der Waals surface area contributed by atoms with Crippen molar-refractivity contribution in [3.8, 4) is 47.2 Å². The van der Waals surface area contributed by atoms with E-state index in [2.05, 4.69) is 58.1 Å². The van der Waals surface area contributed by atoms with E-state index in [0.717, 1.165) is 79.5 Å². The van der Waals surface area contributed by atoms with Crippen LogP contribution in [0.15, 0.2) is 194 Å². The van der Waals surface area contributed by atoms with E-state index in [1.54, 1.807) is 0 Å². The minimum Gasteiger partial charge on any atom is -0.316 e. The molecule has 0 amide bonds. The number of fused-ring (bicyclic) bond motifs is 2. The maximum Gasteiger partial charge on any atom is 0.146 e. The fourth-order valence-electron chi connectivity index (χ4n) is 7.35. The predicted molar refractivity (Wildman–Crippen MR) is 229 cm³/mol. The summed E-state index contributed by atoms with van der Waals surface area (Å²) >= 11 is 0. The number of aldehydes is 2. The highest BCUT2D eigenvalue weighted by atomic mass is 16.1. The molecule has 0 radical (unpaired) electrons. The van der Waals surface area contributed by atoms with Crippen molar-refractivity contribution >= 4 is 23.6 Å². The van der Waals surface area contributed by atoms with Crippen LogP contribution in [0.5, 0.6) is 0 Å². The first kappa shape index (κ1) is 36.7. The Bertz CT molecular complexity index is 2580. The van der Waals surface area contributed by atoms with Crippen molar-refractivity contribution < 1.29 is 9.59 Å². The van der Waals surface area contributed by atoms with Gasteiger partial charge in [0.2, 0.25) is 0 Å². The number of nitrogens with zero attached hydrogens (tertiary/aromatic N) is 2. The first-order chi connectivity index (χ1) is 27.4. The molecule has 4 aromatic heterocycles. The minimum absolute atomic E-state index is 0.199. The molecule has 8 rings (SSSR count). The van der Waals surface area contributed by atoms with Crippen LogP contribution in [0.1, 0.15) is 45.2 Å². The third-order valence-electron chi connectivity index (χ3n) is 10.0. The van der Waals surface area contributed by atoms with Crippen molar-refractivity contribution in [1.29, 1.82) is 0 Å². The third kappa shape index (κ3) is 7.29. The molecule has 0 saturated carbocycles. The normalized spacial score (nSPS) is 11.7. The van der Waals surface area contributed by atoms with Crippen LogP contribution in [-0.2, 0) is 9.59 Å². The number of benzene rings is 4. The van der Waals surface area contributed by atoms with Crippen molar-refractivity contribution in [3.63, 3.8) is 0 Å². The summed E-state index contributed by atoms with van der Waals surface area (Å²) in [6.07, 6.45) is 16.8. The minimum atomic E-state index is -0.199. The summed E-state index contributed by atoms with van der Waals surface area (Å²) in [5, 5.41) is 0. The Labute approximate surface area is 327 Å². The molecule has 0 unspecified atom stereocenters. The highest BCUT2D eigenvalue weighted by Crippen LogP contribution is 2.39. The molecular formula is C52H38N2O2. The van der Waals surface area contributed by atoms with E-state index < -0.39 is 0 Å². The second kappa shape index (κ2) is 16.6. The van der Waals surface area contributed by atoms with Gasteiger partial charge in [-0.25, -0.2) is 0 Å². The summed E-state index contributed by atoms with van der Waals surface area (Å²) in [5.74, 6) is 4.91. The van der Waals surface area contributed by atoms with Crippen LogP contribution in [0.4, 0.5) is 0 Å². The highest BCUT2D eigenvalue weighted by Gasteiger charge is 2.24. The Morgan fingerprint density at radius 1 is 0.500 bits per heavy atom. The predicted octanol–water partition coefficient (Wildman–Crippen LogP) is 10.9. The molecule has 0 bridgehead atoms. The molecule has 0 spiro atoms. The molecule has 0 fully saturated rings. The fraction of sp³-hybridized carbons (Fsp3) is 0.0385. The van der Waals surface area contributed by atoms with E-state index >= 15 is 0 Å². The van der Waals surface area contributed by atoms with Crippen LogP contribution < -0.4 is 0 Å². The summed E-state index contributed by atoms with van der Waals surface area (Å²) in [7, 11) is 0. The summed E-state index contributed by atoms with van der Waals surface area (Å²) < 4.78 is 4.29. The van der Waals surface area contributed by atoms with E-state index in [1.807, 2.05) is 146 Å². The lowest BCUT2D eigenvalue weighted by Gasteiger charge is -2.16. The maximum absolute atomic E-state index is 11.7. The third-order valence-corrected chi connectivity index (χ3v) is 10.0. The van der Waals surface area contributed by atoms with Crippen LogP contribution >= 0.6 is 0 Å². The van der Waals surface area contributed by atoms with Gasteiger partial charge >= 0.3 is 0 Å². The molecule has 0 N–H and O–H groups in total. The smallest absolute Gasteiger partial charge is 0.146 e. The van der Waals surface area contributed by atoms with Gasteiger partial charge in [0.05, 0.1) is 11.4 Å². The van der Waals surface area contributed by atoms with Crippen LogP contribution in [0.2, 0.25) is 0 Å². The average molecular weight is 723 g/mol. The number of carbonyl (C=O) groups excluding carboxylic acids is 2. The Kier molecular flexibility index (Phi) is 10.9. The van der Waals surface area contributed by atoms with Gasteiger partial charge in [-0.15, -0.1) is 12.8 Å². The van der Waals surface area contributed by atoms with Crippen molar-refractivity contribution in [2.24, 2.45) is 0 Å². The summed E-state index contributed by atoms with van der Waals surface area (Å²) in [4.78, 5) is 23.3. The lowest BCUT2D eigenvalue weighted by molar-refractivity contribution is -0.105. The van der Waals surface area contributed by atoms with Gasteiger partial charge in [-0.2, -0.15) is 0 Å². The van der Waals surface area contributed by atoms with Gasteiger partial charge in [-0.1, -0.05) is 122 Å². The number of terminal acetylenes is 2. The van der Waals surface area contributed by atoms with Gasteiger partial charge in [0.15, 0.2) is 0 Å². The van der Waals surface area contributed by atoms with Gasteiger partial charge in [-0.05, 0) is 105 Å². The van der Waals surface area contributed by atoms with E-state index in [9.17, 15) is 9.59 Å². The Hall–Kier alpha value is -7.66. The molecule has 0 aliphatic heterocycles. The van der Waals surface area contributed by atoms with Crippen molar-refractivity contribution in [2.75, 3.05) is 0 Å². The molecule has 4 nitrogen and oxygen atoms in total. The molecule has 2 atom stereocenters. The topological polar surface area (TPSA) is 43.0 Å². The van der Waals surface area contributed by atoms with Gasteiger partial charge in [-0.3, -0.25) is 9.59 Å². The van der Waals surface area contributed by atoms with Gasteiger partial charge in [0, 0.05) is 46.4 Å². The number of rotatable bonds is 10. The standard InChI is InChI=1S/2C26H19NO/c2*1-3-20-12-14-21(15-13-20)25-17-23(24-11-7-8-16-27(24)25)26(19(2)18-28)22-9-5-4-6-10-22/h2*1,4-18,26H,2H2/t2*26-/m11/s1. The first-order valence-electron chi connectivity index (χ1n) is 18.2. The van der Waals surface area contributed by atoms with Gasteiger partial charge in [0.1, 0.15) is 12.6 Å². The number of aromatic nitrogens is 2. The van der Waals surface area contributed by atoms with Crippen molar-refractivity contribution in [1.82, 2.24) is 8.80 Å². The molecule has 0 saturated heterocycles. The maximum atomic E-state index is 11.7. The zero-order valence-corrected chi connectivity index (χ0v) is 30.8. The number of pyridine rings is 2. The van der Waals surface area contributed by atoms with E-state index in [-0.39, 0.29) is 11.8 Å². The number of allylic oxidation sites excluding steroid dienone is 2. The van der Waals surface area contributed by atoms with E-state index in [0.29, 0.717) is 11.1 Å². The molecule has 56 heavy (non-hydrogen) atoms. The Morgan fingerprint density at radius 3 is 1.20 bits per heavy atom. The second-order valence-corrected chi connectivity index (χ2v) is 13.4. The van der Waals surface area contributed by atoms with E-state index in [1.165, 1.54) is 0 Å². The number of carbonyl (C=O) groups is 2. The fourth-order valence-corrected chi connectivity index (χ4v) is 7.35. The number of hydrogen-bond donors (Lipinski definition) is 0. The van der Waals surface area contributed by atoms with Crippen LogP contribution in [0.3, 0.4) is 0 Å². The summed E-state index contributed by atoms with van der Waals surface area (Å²) in [6.45, 7) is 8.08. The number of hydrogen-bond acceptors (Lipinski definition) is 2. The molecule has 0 aliphatic carbocycles.